The van der Waals surface area contributed by atoms with E-state index in [1.165, 1.54) is 19.3 Å². The summed E-state index contributed by atoms with van der Waals surface area (Å²) >= 11 is 0. The van der Waals surface area contributed by atoms with Gasteiger partial charge >= 0.3 is 0 Å². The number of ketones is 1. The fraction of sp³-hybridized carbons (Fsp3) is 0.727. The van der Waals surface area contributed by atoms with Crippen LogP contribution in [0.3, 0.4) is 0 Å². The molecular weight excluding hydrogens is 148 g/mol. The lowest BCUT2D eigenvalue weighted by Crippen LogP contribution is -1.95. The van der Waals surface area contributed by atoms with Crippen molar-refractivity contribution in [2.45, 2.75) is 52.9 Å². The van der Waals surface area contributed by atoms with Crippen molar-refractivity contribution < 1.29 is 4.79 Å². The SMILES string of the molecule is CCCCCC=C(C)C(=O)CC. The highest BCUT2D eigenvalue weighted by Gasteiger charge is 1.98. The maximum atomic E-state index is 11.1. The van der Waals surface area contributed by atoms with Crippen LogP contribution in [0.25, 0.3) is 0 Å². The smallest absolute Gasteiger partial charge is 0.157 e. The number of allylic oxidation sites excluding steroid dienone is 2. The third-order valence-corrected chi connectivity index (χ3v) is 2.02. The van der Waals surface area contributed by atoms with Crippen molar-refractivity contribution in [2.75, 3.05) is 0 Å². The van der Waals surface area contributed by atoms with Crippen LogP contribution < -0.4 is 0 Å². The number of unbranched alkanes of at least 4 members (excludes halogenated alkanes) is 3. The van der Waals surface area contributed by atoms with E-state index in [-0.39, 0.29) is 5.78 Å². The van der Waals surface area contributed by atoms with Crippen LogP contribution in [0.5, 0.6) is 0 Å². The predicted octanol–water partition coefficient (Wildman–Crippen LogP) is 3.49. The Labute approximate surface area is 75.9 Å². The normalized spacial score (nSPS) is 11.8. The van der Waals surface area contributed by atoms with E-state index in [1.54, 1.807) is 0 Å². The van der Waals surface area contributed by atoms with E-state index in [9.17, 15) is 4.79 Å². The van der Waals surface area contributed by atoms with Crippen LogP contribution in [0.2, 0.25) is 0 Å². The highest BCUT2D eigenvalue weighted by molar-refractivity contribution is 5.94. The molecule has 0 radical (unpaired) electrons. The van der Waals surface area contributed by atoms with E-state index in [2.05, 4.69) is 13.0 Å². The highest BCUT2D eigenvalue weighted by atomic mass is 16.1. The Morgan fingerprint density at radius 2 is 1.92 bits per heavy atom. The minimum atomic E-state index is 0.284. The summed E-state index contributed by atoms with van der Waals surface area (Å²) in [5.74, 6) is 0.284. The number of hydrogen-bond donors (Lipinski definition) is 0. The van der Waals surface area contributed by atoms with Gasteiger partial charge in [-0.15, -0.1) is 0 Å². The average molecular weight is 168 g/mol. The zero-order valence-electron chi connectivity index (χ0n) is 8.52. The molecule has 12 heavy (non-hydrogen) atoms. The number of Topliss-reactive ketones (excluding diaryl/α,β-unsaturated/α-hetero) is 1. The van der Waals surface area contributed by atoms with Gasteiger partial charge in [0.05, 0.1) is 0 Å². The third kappa shape index (κ3) is 5.11. The molecule has 0 N–H and O–H groups in total. The topological polar surface area (TPSA) is 17.1 Å². The largest absolute Gasteiger partial charge is 0.295 e. The first kappa shape index (κ1) is 11.4. The van der Waals surface area contributed by atoms with Crippen LogP contribution in [-0.2, 0) is 4.79 Å². The Morgan fingerprint density at radius 3 is 2.42 bits per heavy atom. The fourth-order valence-corrected chi connectivity index (χ4v) is 1.11. The maximum Gasteiger partial charge on any atom is 0.157 e. The van der Waals surface area contributed by atoms with Crippen LogP contribution in [0, 0.1) is 0 Å². The molecule has 0 rings (SSSR count). The molecule has 0 heterocycles. The van der Waals surface area contributed by atoms with Gasteiger partial charge in [0.25, 0.3) is 0 Å². The molecule has 0 amide bonds. The van der Waals surface area contributed by atoms with E-state index in [1.807, 2.05) is 13.8 Å². The van der Waals surface area contributed by atoms with Crippen LogP contribution in [-0.4, -0.2) is 5.78 Å². The van der Waals surface area contributed by atoms with Gasteiger partial charge in [-0.05, 0) is 25.3 Å². The third-order valence-electron chi connectivity index (χ3n) is 2.02. The minimum absolute atomic E-state index is 0.284. The molecule has 0 saturated heterocycles. The monoisotopic (exact) mass is 168 g/mol. The maximum absolute atomic E-state index is 11.1. The molecule has 0 aliphatic heterocycles. The molecule has 0 unspecified atom stereocenters. The molecule has 0 aliphatic carbocycles. The highest BCUT2D eigenvalue weighted by Crippen LogP contribution is 2.05. The molecule has 0 bridgehead atoms. The fourth-order valence-electron chi connectivity index (χ4n) is 1.11. The van der Waals surface area contributed by atoms with E-state index in [0.717, 1.165) is 12.0 Å². The van der Waals surface area contributed by atoms with Gasteiger partial charge in [0.1, 0.15) is 0 Å². The predicted molar refractivity (Wildman–Crippen MR) is 53.2 cm³/mol. The number of carbonyl (C=O) groups excluding carboxylic acids is 1. The molecule has 0 aliphatic rings. The first-order valence-electron chi connectivity index (χ1n) is 4.92. The summed E-state index contributed by atoms with van der Waals surface area (Å²) in [4.78, 5) is 11.1. The Bertz CT molecular complexity index is 156. The quantitative estimate of drug-likeness (QED) is 0.438. The standard InChI is InChI=1S/C11H20O/c1-4-6-7-8-9-10(3)11(12)5-2/h9H,4-8H2,1-3H3. The molecule has 0 saturated carbocycles. The van der Waals surface area contributed by atoms with Crippen molar-refractivity contribution in [3.8, 4) is 0 Å². The van der Waals surface area contributed by atoms with Crippen molar-refractivity contribution in [3.05, 3.63) is 11.6 Å². The van der Waals surface area contributed by atoms with E-state index in [0.29, 0.717) is 6.42 Å². The lowest BCUT2D eigenvalue weighted by Gasteiger charge is -1.97. The van der Waals surface area contributed by atoms with E-state index < -0.39 is 0 Å². The minimum Gasteiger partial charge on any atom is -0.295 e. The van der Waals surface area contributed by atoms with Crippen molar-refractivity contribution in [3.63, 3.8) is 0 Å². The van der Waals surface area contributed by atoms with Gasteiger partial charge in [-0.25, -0.2) is 0 Å². The van der Waals surface area contributed by atoms with Gasteiger partial charge in [0, 0.05) is 6.42 Å². The second kappa shape index (κ2) is 7.08. The lowest BCUT2D eigenvalue weighted by atomic mass is 10.1. The van der Waals surface area contributed by atoms with E-state index in [4.69, 9.17) is 0 Å². The molecule has 0 aromatic rings. The Balaban J connectivity index is 3.61. The Morgan fingerprint density at radius 1 is 1.25 bits per heavy atom. The second-order valence-corrected chi connectivity index (χ2v) is 3.16. The van der Waals surface area contributed by atoms with Gasteiger partial charge in [0.2, 0.25) is 0 Å². The first-order valence-corrected chi connectivity index (χ1v) is 4.92. The first-order chi connectivity index (χ1) is 5.72. The van der Waals surface area contributed by atoms with Gasteiger partial charge in [-0.3, -0.25) is 4.79 Å². The zero-order valence-corrected chi connectivity index (χ0v) is 8.52. The Kier molecular flexibility index (Phi) is 6.73. The summed E-state index contributed by atoms with van der Waals surface area (Å²) in [6.07, 6.45) is 7.49. The molecule has 0 aromatic heterocycles. The van der Waals surface area contributed by atoms with Crippen LogP contribution in [0.4, 0.5) is 0 Å². The van der Waals surface area contributed by atoms with Crippen LogP contribution in [0.15, 0.2) is 11.6 Å². The van der Waals surface area contributed by atoms with Crippen LogP contribution in [0.1, 0.15) is 52.9 Å². The summed E-state index contributed by atoms with van der Waals surface area (Å²) < 4.78 is 0. The van der Waals surface area contributed by atoms with Gasteiger partial charge in [0.15, 0.2) is 5.78 Å². The summed E-state index contributed by atoms with van der Waals surface area (Å²) in [5.41, 5.74) is 0.939. The molecule has 1 nitrogen and oxygen atoms in total. The van der Waals surface area contributed by atoms with Crippen LogP contribution >= 0.6 is 0 Å². The Hall–Kier alpha value is -0.590. The van der Waals surface area contributed by atoms with Crippen molar-refractivity contribution in [1.82, 2.24) is 0 Å². The molecule has 0 atom stereocenters. The van der Waals surface area contributed by atoms with Gasteiger partial charge < -0.3 is 0 Å². The number of hydrogen-bond acceptors (Lipinski definition) is 1. The molecular formula is C11H20O. The number of carbonyl (C=O) groups is 1. The summed E-state index contributed by atoms with van der Waals surface area (Å²) in [6.45, 7) is 6.01. The summed E-state index contributed by atoms with van der Waals surface area (Å²) in [5, 5.41) is 0. The van der Waals surface area contributed by atoms with Gasteiger partial charge in [-0.2, -0.15) is 0 Å². The molecule has 0 fully saturated rings. The summed E-state index contributed by atoms with van der Waals surface area (Å²) in [6, 6.07) is 0. The summed E-state index contributed by atoms with van der Waals surface area (Å²) in [7, 11) is 0. The molecule has 0 aromatic carbocycles. The van der Waals surface area contributed by atoms with Gasteiger partial charge in [-0.1, -0.05) is 32.8 Å². The molecule has 70 valence electrons. The van der Waals surface area contributed by atoms with Crippen molar-refractivity contribution in [1.29, 1.82) is 0 Å². The second-order valence-electron chi connectivity index (χ2n) is 3.16. The average Bonchev–Trinajstić information content (AvgIpc) is 2.10. The molecule has 1 heteroatoms. The van der Waals surface area contributed by atoms with Crippen molar-refractivity contribution in [2.24, 2.45) is 0 Å². The lowest BCUT2D eigenvalue weighted by molar-refractivity contribution is -0.115. The van der Waals surface area contributed by atoms with E-state index >= 15 is 0 Å². The number of rotatable bonds is 6. The van der Waals surface area contributed by atoms with Crippen molar-refractivity contribution >= 4 is 5.78 Å². The molecule has 0 spiro atoms. The zero-order chi connectivity index (χ0) is 9.40.